The Bertz CT molecular complexity index is 898. The summed E-state index contributed by atoms with van der Waals surface area (Å²) in [5.41, 5.74) is 1.61. The summed E-state index contributed by atoms with van der Waals surface area (Å²) in [5, 5.41) is 6.90. The highest BCUT2D eigenvalue weighted by atomic mass is 32.1. The zero-order valence-electron chi connectivity index (χ0n) is 17.7. The van der Waals surface area contributed by atoms with Gasteiger partial charge in [0.1, 0.15) is 0 Å². The molecule has 2 amide bonds. The van der Waals surface area contributed by atoms with Gasteiger partial charge in [-0.1, -0.05) is 17.7 Å². The fraction of sp³-hybridized carbons (Fsp3) is 0.522. The average molecular weight is 427 g/mol. The minimum atomic E-state index is -0.211. The Morgan fingerprint density at radius 1 is 1.17 bits per heavy atom. The van der Waals surface area contributed by atoms with Crippen molar-refractivity contribution in [2.24, 2.45) is 0 Å². The van der Waals surface area contributed by atoms with Gasteiger partial charge >= 0.3 is 0 Å². The molecule has 1 aliphatic carbocycles. The van der Waals surface area contributed by atoms with Crippen LogP contribution in [0.2, 0.25) is 0 Å². The summed E-state index contributed by atoms with van der Waals surface area (Å²) in [6, 6.07) is 8.19. The van der Waals surface area contributed by atoms with Gasteiger partial charge in [-0.15, -0.1) is 11.3 Å². The van der Waals surface area contributed by atoms with Gasteiger partial charge in [0.25, 0.3) is 5.91 Å². The smallest absolute Gasteiger partial charge is 0.251 e. The topological polar surface area (TPSA) is 74.3 Å². The number of benzene rings is 1. The van der Waals surface area contributed by atoms with E-state index in [0.717, 1.165) is 23.7 Å². The SMILES string of the molecule is Cc1cccc(C(=O)NCC(=O)NC2CN(C3CCC(c4cnc(C)s4)CC3)C2)c1. The molecule has 0 unspecified atom stereocenters. The first kappa shape index (κ1) is 21.0. The van der Waals surface area contributed by atoms with E-state index >= 15 is 0 Å². The summed E-state index contributed by atoms with van der Waals surface area (Å²) >= 11 is 1.83. The number of rotatable bonds is 6. The van der Waals surface area contributed by atoms with Crippen LogP contribution in [0, 0.1) is 13.8 Å². The first-order valence-electron chi connectivity index (χ1n) is 10.8. The molecular weight excluding hydrogens is 396 g/mol. The first-order valence-corrected chi connectivity index (χ1v) is 11.6. The van der Waals surface area contributed by atoms with Crippen LogP contribution in [0.25, 0.3) is 0 Å². The van der Waals surface area contributed by atoms with Gasteiger partial charge in [0.15, 0.2) is 0 Å². The van der Waals surface area contributed by atoms with E-state index in [0.29, 0.717) is 17.5 Å². The van der Waals surface area contributed by atoms with E-state index < -0.39 is 0 Å². The van der Waals surface area contributed by atoms with Crippen molar-refractivity contribution in [1.29, 1.82) is 0 Å². The van der Waals surface area contributed by atoms with Crippen LogP contribution in [-0.2, 0) is 4.79 Å². The maximum atomic E-state index is 12.2. The molecule has 30 heavy (non-hydrogen) atoms. The highest BCUT2D eigenvalue weighted by molar-refractivity contribution is 7.11. The van der Waals surface area contributed by atoms with Gasteiger partial charge in [-0.05, 0) is 57.6 Å². The van der Waals surface area contributed by atoms with Crippen molar-refractivity contribution in [3.63, 3.8) is 0 Å². The molecule has 1 aromatic heterocycles. The van der Waals surface area contributed by atoms with Crippen LogP contribution in [0.15, 0.2) is 30.5 Å². The molecule has 0 bridgehead atoms. The molecule has 0 atom stereocenters. The van der Waals surface area contributed by atoms with Crippen LogP contribution in [0.1, 0.15) is 57.4 Å². The Morgan fingerprint density at radius 2 is 1.93 bits per heavy atom. The largest absolute Gasteiger partial charge is 0.349 e. The Kier molecular flexibility index (Phi) is 6.49. The summed E-state index contributed by atoms with van der Waals surface area (Å²) in [6.07, 6.45) is 6.94. The van der Waals surface area contributed by atoms with Crippen LogP contribution in [0.5, 0.6) is 0 Å². The normalized spacial score (nSPS) is 22.3. The molecule has 2 heterocycles. The standard InChI is InChI=1S/C23H30N4O2S/c1-15-4-3-5-18(10-15)23(29)25-12-22(28)26-19-13-27(14-19)20-8-6-17(7-9-20)21-11-24-16(2)30-21/h3-5,10-11,17,19-20H,6-9,12-14H2,1-2H3,(H,25,29)(H,26,28). The summed E-state index contributed by atoms with van der Waals surface area (Å²) in [7, 11) is 0. The summed E-state index contributed by atoms with van der Waals surface area (Å²) in [6.45, 7) is 5.85. The van der Waals surface area contributed by atoms with Crippen LogP contribution in [-0.4, -0.2) is 53.4 Å². The summed E-state index contributed by atoms with van der Waals surface area (Å²) in [4.78, 5) is 32.7. The van der Waals surface area contributed by atoms with E-state index in [-0.39, 0.29) is 24.4 Å². The quantitative estimate of drug-likeness (QED) is 0.745. The molecule has 6 nitrogen and oxygen atoms in total. The number of aryl methyl sites for hydroxylation is 2. The molecule has 160 valence electrons. The molecule has 0 spiro atoms. The third-order valence-electron chi connectivity index (χ3n) is 6.22. The fourth-order valence-electron chi connectivity index (χ4n) is 4.52. The molecule has 1 aliphatic heterocycles. The van der Waals surface area contributed by atoms with Gasteiger partial charge in [-0.25, -0.2) is 4.98 Å². The van der Waals surface area contributed by atoms with E-state index in [1.807, 2.05) is 36.5 Å². The van der Waals surface area contributed by atoms with Crippen molar-refractivity contribution in [2.45, 2.75) is 57.5 Å². The predicted molar refractivity (Wildman–Crippen MR) is 119 cm³/mol. The molecule has 1 aromatic carbocycles. The number of carbonyl (C=O) groups excluding carboxylic acids is 2. The second kappa shape index (κ2) is 9.27. The number of thiazole rings is 1. The molecule has 4 rings (SSSR count). The Morgan fingerprint density at radius 3 is 2.60 bits per heavy atom. The third kappa shape index (κ3) is 5.08. The predicted octanol–water partition coefficient (Wildman–Crippen LogP) is 3.02. The molecule has 2 aromatic rings. The molecule has 0 radical (unpaired) electrons. The molecule has 2 fully saturated rings. The van der Waals surface area contributed by atoms with Crippen molar-refractivity contribution in [2.75, 3.05) is 19.6 Å². The highest BCUT2D eigenvalue weighted by Crippen LogP contribution is 2.37. The number of hydrogen-bond donors (Lipinski definition) is 2. The van der Waals surface area contributed by atoms with Crippen molar-refractivity contribution in [3.05, 3.63) is 51.5 Å². The van der Waals surface area contributed by atoms with Crippen LogP contribution in [0.3, 0.4) is 0 Å². The minimum absolute atomic E-state index is 0.0165. The van der Waals surface area contributed by atoms with E-state index in [1.165, 1.54) is 30.6 Å². The van der Waals surface area contributed by atoms with Crippen LogP contribution < -0.4 is 10.6 Å². The van der Waals surface area contributed by atoms with Crippen molar-refractivity contribution in [3.8, 4) is 0 Å². The molecule has 1 saturated carbocycles. The zero-order valence-corrected chi connectivity index (χ0v) is 18.5. The fourth-order valence-corrected chi connectivity index (χ4v) is 5.48. The Hall–Kier alpha value is -2.25. The van der Waals surface area contributed by atoms with Gasteiger partial charge in [-0.2, -0.15) is 0 Å². The third-order valence-corrected chi connectivity index (χ3v) is 7.29. The second-order valence-corrected chi connectivity index (χ2v) is 9.82. The summed E-state index contributed by atoms with van der Waals surface area (Å²) < 4.78 is 0. The van der Waals surface area contributed by atoms with Gasteiger partial charge in [-0.3, -0.25) is 14.5 Å². The zero-order chi connectivity index (χ0) is 21.1. The number of carbonyl (C=O) groups is 2. The number of nitrogens with one attached hydrogen (secondary N) is 2. The highest BCUT2D eigenvalue weighted by Gasteiger charge is 2.35. The molecule has 2 N–H and O–H groups in total. The molecule has 1 saturated heterocycles. The van der Waals surface area contributed by atoms with Gasteiger partial charge < -0.3 is 10.6 Å². The van der Waals surface area contributed by atoms with E-state index in [1.54, 1.807) is 6.07 Å². The van der Waals surface area contributed by atoms with Gasteiger partial charge in [0, 0.05) is 35.8 Å². The van der Waals surface area contributed by atoms with Crippen LogP contribution in [0.4, 0.5) is 0 Å². The van der Waals surface area contributed by atoms with E-state index in [4.69, 9.17) is 0 Å². The van der Waals surface area contributed by atoms with Crippen molar-refractivity contribution >= 4 is 23.2 Å². The van der Waals surface area contributed by atoms with Crippen LogP contribution >= 0.6 is 11.3 Å². The molecule has 2 aliphatic rings. The van der Waals surface area contributed by atoms with Gasteiger partial charge in [0.2, 0.25) is 5.91 Å². The van der Waals surface area contributed by atoms with Crippen molar-refractivity contribution < 1.29 is 9.59 Å². The Labute approximate surface area is 182 Å². The second-order valence-electron chi connectivity index (χ2n) is 8.56. The lowest BCUT2D eigenvalue weighted by molar-refractivity contribution is -0.122. The lowest BCUT2D eigenvalue weighted by atomic mass is 9.83. The number of nitrogens with zero attached hydrogens (tertiary/aromatic N) is 2. The number of amides is 2. The van der Waals surface area contributed by atoms with Gasteiger partial charge in [0.05, 0.1) is 17.6 Å². The lowest BCUT2D eigenvalue weighted by Gasteiger charge is -2.46. The first-order chi connectivity index (χ1) is 14.5. The monoisotopic (exact) mass is 426 g/mol. The summed E-state index contributed by atoms with van der Waals surface area (Å²) in [5.74, 6) is 0.336. The minimum Gasteiger partial charge on any atom is -0.349 e. The van der Waals surface area contributed by atoms with Crippen molar-refractivity contribution in [1.82, 2.24) is 20.5 Å². The maximum absolute atomic E-state index is 12.2. The molecule has 7 heteroatoms. The number of hydrogen-bond acceptors (Lipinski definition) is 5. The maximum Gasteiger partial charge on any atom is 0.251 e. The lowest BCUT2D eigenvalue weighted by Crippen LogP contribution is -2.63. The number of aromatic nitrogens is 1. The van der Waals surface area contributed by atoms with E-state index in [2.05, 4.69) is 33.6 Å². The molecular formula is C23H30N4O2S. The average Bonchev–Trinajstić information content (AvgIpc) is 3.15. The Balaban J connectivity index is 1.14. The number of likely N-dealkylation sites (tertiary alicyclic amines) is 1. The van der Waals surface area contributed by atoms with E-state index in [9.17, 15) is 9.59 Å².